The van der Waals surface area contributed by atoms with Crippen LogP contribution in [0, 0.1) is 0 Å². The van der Waals surface area contributed by atoms with Crippen LogP contribution in [0.25, 0.3) is 0 Å². The molecule has 1 aliphatic rings. The van der Waals surface area contributed by atoms with Crippen LogP contribution in [0.1, 0.15) is 25.5 Å². The largest absolute Gasteiger partial charge is 0.358 e. The molecule has 0 aliphatic carbocycles. The number of thiocarbonyl (C=S) groups is 2. The van der Waals surface area contributed by atoms with Gasteiger partial charge in [0, 0.05) is 31.9 Å². The van der Waals surface area contributed by atoms with E-state index < -0.39 is 0 Å². The lowest BCUT2D eigenvalue weighted by atomic mass is 10.1. The third kappa shape index (κ3) is 4.57. The van der Waals surface area contributed by atoms with Crippen molar-refractivity contribution in [2.45, 2.75) is 19.9 Å². The topological polar surface area (TPSA) is 18.5 Å². The molecule has 0 aromatic heterocycles. The van der Waals surface area contributed by atoms with Gasteiger partial charge in [-0.2, -0.15) is 0 Å². The summed E-state index contributed by atoms with van der Waals surface area (Å²) in [5.41, 5.74) is 1.29. The lowest BCUT2D eigenvalue weighted by Crippen LogP contribution is -2.31. The monoisotopic (exact) mass is 353 g/mol. The second kappa shape index (κ2) is 8.70. The molecule has 0 bridgehead atoms. The molecule has 1 aromatic rings. The Kier molecular flexibility index (Phi) is 6.92. The number of thioether (sulfide) groups is 1. The van der Waals surface area contributed by atoms with Gasteiger partial charge in [-0.3, -0.25) is 0 Å². The lowest BCUT2D eigenvalue weighted by Gasteiger charge is -2.22. The first-order valence-electron chi connectivity index (χ1n) is 7.67. The Morgan fingerprint density at radius 2 is 2.00 bits per heavy atom. The van der Waals surface area contributed by atoms with Gasteiger partial charge < -0.3 is 15.1 Å². The van der Waals surface area contributed by atoms with Gasteiger partial charge in [0.1, 0.15) is 4.32 Å². The molecule has 1 saturated heterocycles. The molecule has 22 heavy (non-hydrogen) atoms. The van der Waals surface area contributed by atoms with Crippen molar-refractivity contribution < 1.29 is 0 Å². The molecule has 6 heteroatoms. The molecule has 3 nitrogen and oxygen atoms in total. The number of benzene rings is 1. The molecule has 0 radical (unpaired) electrons. The van der Waals surface area contributed by atoms with Crippen molar-refractivity contribution in [3.63, 3.8) is 0 Å². The minimum absolute atomic E-state index is 0.299. The zero-order valence-corrected chi connectivity index (χ0v) is 15.6. The Morgan fingerprint density at radius 1 is 1.32 bits per heavy atom. The normalized spacial score (nSPS) is 17.5. The van der Waals surface area contributed by atoms with Crippen LogP contribution in [0.4, 0.5) is 0 Å². The highest BCUT2D eigenvalue weighted by molar-refractivity contribution is 8.22. The molecule has 1 N–H and O–H groups in total. The highest BCUT2D eigenvalue weighted by atomic mass is 32.2. The fourth-order valence-electron chi connectivity index (χ4n) is 2.47. The minimum atomic E-state index is 0.299. The van der Waals surface area contributed by atoms with E-state index >= 15 is 0 Å². The zero-order valence-electron chi connectivity index (χ0n) is 13.1. The van der Waals surface area contributed by atoms with Gasteiger partial charge in [-0.1, -0.05) is 54.3 Å². The zero-order chi connectivity index (χ0) is 15.9. The average Bonchev–Trinajstić information content (AvgIpc) is 2.91. The van der Waals surface area contributed by atoms with Crippen LogP contribution in [0.3, 0.4) is 0 Å². The molecule has 0 saturated carbocycles. The highest BCUT2D eigenvalue weighted by Crippen LogP contribution is 2.20. The Hall–Kier alpha value is -0.850. The van der Waals surface area contributed by atoms with E-state index in [0.29, 0.717) is 6.04 Å². The molecule has 1 fully saturated rings. The Bertz CT molecular complexity index is 503. The second-order valence-corrected chi connectivity index (χ2v) is 7.26. The maximum absolute atomic E-state index is 5.46. The van der Waals surface area contributed by atoms with Gasteiger partial charge >= 0.3 is 0 Å². The van der Waals surface area contributed by atoms with E-state index in [4.69, 9.17) is 24.4 Å². The molecule has 120 valence electrons. The smallest absolute Gasteiger partial charge is 0.169 e. The average molecular weight is 354 g/mol. The molecular weight excluding hydrogens is 330 g/mol. The van der Waals surface area contributed by atoms with Gasteiger partial charge in [0.25, 0.3) is 0 Å². The summed E-state index contributed by atoms with van der Waals surface area (Å²) in [5, 5.41) is 4.26. The van der Waals surface area contributed by atoms with Gasteiger partial charge in [0.2, 0.25) is 0 Å². The van der Waals surface area contributed by atoms with E-state index in [-0.39, 0.29) is 0 Å². The first-order valence-corrected chi connectivity index (χ1v) is 9.48. The summed E-state index contributed by atoms with van der Waals surface area (Å²) in [6, 6.07) is 10.8. The number of rotatable bonds is 6. The number of nitrogens with zero attached hydrogens (tertiary/aromatic N) is 2. The van der Waals surface area contributed by atoms with Gasteiger partial charge in [0.15, 0.2) is 5.11 Å². The van der Waals surface area contributed by atoms with Gasteiger partial charge in [0.05, 0.1) is 6.04 Å². The van der Waals surface area contributed by atoms with Crippen LogP contribution < -0.4 is 5.32 Å². The summed E-state index contributed by atoms with van der Waals surface area (Å²) in [6.45, 7) is 8.09. The van der Waals surface area contributed by atoms with Crippen molar-refractivity contribution in [1.82, 2.24) is 15.1 Å². The van der Waals surface area contributed by atoms with Crippen molar-refractivity contribution in [3.05, 3.63) is 35.9 Å². The number of hydrogen-bond acceptors (Lipinski definition) is 3. The molecule has 1 atom stereocenters. The van der Waals surface area contributed by atoms with Crippen LogP contribution >= 0.6 is 36.2 Å². The molecular formula is C16H23N3S3. The van der Waals surface area contributed by atoms with E-state index in [2.05, 4.69) is 53.2 Å². The molecule has 2 rings (SSSR count). The fourth-order valence-corrected chi connectivity index (χ4v) is 4.22. The Labute approximate surface area is 148 Å². The summed E-state index contributed by atoms with van der Waals surface area (Å²) in [5.74, 6) is 0.971. The molecule has 0 spiro atoms. The van der Waals surface area contributed by atoms with E-state index in [1.54, 1.807) is 11.8 Å². The van der Waals surface area contributed by atoms with Crippen LogP contribution in [0.15, 0.2) is 30.3 Å². The predicted octanol–water partition coefficient (Wildman–Crippen LogP) is 3.28. The summed E-state index contributed by atoms with van der Waals surface area (Å²) in [6.07, 6.45) is 0. The fraction of sp³-hybridized carbons (Fsp3) is 0.500. The quantitative estimate of drug-likeness (QED) is 0.786. The Balaban J connectivity index is 1.79. The van der Waals surface area contributed by atoms with Gasteiger partial charge in [-0.15, -0.1) is 0 Å². The molecule has 0 amide bonds. The van der Waals surface area contributed by atoms with Crippen LogP contribution in [0.5, 0.6) is 0 Å². The molecule has 1 unspecified atom stereocenters. The molecule has 1 heterocycles. The third-order valence-corrected chi connectivity index (χ3v) is 5.68. The third-order valence-electron chi connectivity index (χ3n) is 3.80. The maximum atomic E-state index is 5.46. The van der Waals surface area contributed by atoms with E-state index in [1.807, 2.05) is 6.07 Å². The summed E-state index contributed by atoms with van der Waals surface area (Å²) < 4.78 is 0.989. The molecule has 1 aliphatic heterocycles. The van der Waals surface area contributed by atoms with Crippen LogP contribution in [0.2, 0.25) is 0 Å². The van der Waals surface area contributed by atoms with E-state index in [0.717, 1.165) is 41.4 Å². The predicted molar refractivity (Wildman–Crippen MR) is 104 cm³/mol. The van der Waals surface area contributed by atoms with Gasteiger partial charge in [-0.25, -0.2) is 0 Å². The van der Waals surface area contributed by atoms with Gasteiger partial charge in [-0.05, 0) is 31.6 Å². The van der Waals surface area contributed by atoms with Crippen molar-refractivity contribution in [3.8, 4) is 0 Å². The van der Waals surface area contributed by atoms with Crippen LogP contribution in [-0.4, -0.2) is 51.2 Å². The Morgan fingerprint density at radius 3 is 2.64 bits per heavy atom. The SMILES string of the molecule is CCN(CC)C(=S)SCCN1CC(c2ccccc2)NC1=S. The number of hydrogen-bond donors (Lipinski definition) is 1. The minimum Gasteiger partial charge on any atom is -0.358 e. The summed E-state index contributed by atoms with van der Waals surface area (Å²) >= 11 is 12.7. The molecule has 1 aromatic carbocycles. The second-order valence-electron chi connectivity index (χ2n) is 5.15. The summed E-state index contributed by atoms with van der Waals surface area (Å²) in [7, 11) is 0. The standard InChI is InChI=1S/C16H23N3S3/c1-3-18(4-2)16(21)22-11-10-19-12-14(17-15(19)20)13-8-6-5-7-9-13/h5-9,14H,3-4,10-12H2,1-2H3,(H,17,20). The lowest BCUT2D eigenvalue weighted by molar-refractivity contribution is 0.463. The van der Waals surface area contributed by atoms with Crippen molar-refractivity contribution in [1.29, 1.82) is 0 Å². The highest BCUT2D eigenvalue weighted by Gasteiger charge is 2.26. The van der Waals surface area contributed by atoms with Crippen molar-refractivity contribution in [2.75, 3.05) is 31.9 Å². The van der Waals surface area contributed by atoms with Crippen molar-refractivity contribution >= 4 is 45.6 Å². The van der Waals surface area contributed by atoms with Crippen LogP contribution in [-0.2, 0) is 0 Å². The maximum Gasteiger partial charge on any atom is 0.169 e. The van der Waals surface area contributed by atoms with E-state index in [9.17, 15) is 0 Å². The first-order chi connectivity index (χ1) is 10.7. The number of nitrogens with one attached hydrogen (secondary N) is 1. The first kappa shape index (κ1) is 17.5. The summed E-state index contributed by atoms with van der Waals surface area (Å²) in [4.78, 5) is 4.46. The van der Waals surface area contributed by atoms with E-state index in [1.165, 1.54) is 5.56 Å². The van der Waals surface area contributed by atoms with Crippen molar-refractivity contribution in [2.24, 2.45) is 0 Å².